The molecule has 7 rings (SSSR count). The van der Waals surface area contributed by atoms with Crippen LogP contribution in [0.3, 0.4) is 0 Å². The number of imidazole rings is 2. The molecular weight excluding hydrogens is 514 g/mol. The number of aromatic nitrogens is 6. The fourth-order valence-corrected chi connectivity index (χ4v) is 5.46. The molecule has 5 aromatic rings. The third-order valence-electron chi connectivity index (χ3n) is 7.59. The van der Waals surface area contributed by atoms with Crippen LogP contribution in [0.5, 0.6) is 0 Å². The molecule has 1 saturated carbocycles. The number of fused-ring (bicyclic) bond motifs is 1. The Morgan fingerprint density at radius 1 is 0.975 bits per heavy atom. The summed E-state index contributed by atoms with van der Waals surface area (Å²) in [6.45, 7) is 1.87. The molecule has 204 valence electrons. The molecule has 40 heavy (non-hydrogen) atoms. The Hall–Kier alpha value is -4.22. The number of halogens is 2. The molecule has 3 N–H and O–H groups in total. The zero-order chi connectivity index (χ0) is 27.2. The van der Waals surface area contributed by atoms with Gasteiger partial charge in [-0.2, -0.15) is 9.49 Å². The highest BCUT2D eigenvalue weighted by molar-refractivity contribution is 5.78. The fraction of sp³-hybridized carbons (Fsp3) is 0.310. The van der Waals surface area contributed by atoms with Gasteiger partial charge in [0.1, 0.15) is 23.2 Å². The lowest BCUT2D eigenvalue weighted by Gasteiger charge is -2.27. The topological polar surface area (TPSA) is 105 Å². The average molecular weight is 543 g/mol. The summed E-state index contributed by atoms with van der Waals surface area (Å²) < 4.78 is 31.4. The molecule has 1 aliphatic carbocycles. The van der Waals surface area contributed by atoms with Gasteiger partial charge in [0, 0.05) is 35.3 Å². The van der Waals surface area contributed by atoms with E-state index in [9.17, 15) is 13.9 Å². The van der Waals surface area contributed by atoms with Gasteiger partial charge in [0.05, 0.1) is 17.6 Å². The van der Waals surface area contributed by atoms with Crippen molar-refractivity contribution in [2.24, 2.45) is 0 Å². The molecular formula is C29H28F2N8O. The van der Waals surface area contributed by atoms with E-state index in [0.29, 0.717) is 22.9 Å². The first-order valence-electron chi connectivity index (χ1n) is 13.5. The predicted molar refractivity (Wildman–Crippen MR) is 145 cm³/mol. The number of pyridine rings is 1. The van der Waals surface area contributed by atoms with Crippen LogP contribution in [0.15, 0.2) is 60.9 Å². The van der Waals surface area contributed by atoms with Gasteiger partial charge in [-0.1, -0.05) is 0 Å². The first-order valence-corrected chi connectivity index (χ1v) is 13.5. The summed E-state index contributed by atoms with van der Waals surface area (Å²) in [6.07, 6.45) is 6.00. The van der Waals surface area contributed by atoms with Gasteiger partial charge in [0.2, 0.25) is 5.95 Å². The number of hydrogen-bond donors (Lipinski definition) is 3. The van der Waals surface area contributed by atoms with Crippen LogP contribution in [0.1, 0.15) is 55.3 Å². The lowest BCUT2D eigenvalue weighted by atomic mass is 10.0. The van der Waals surface area contributed by atoms with E-state index in [0.717, 1.165) is 67.2 Å². The molecule has 0 bridgehead atoms. The van der Waals surface area contributed by atoms with Crippen molar-refractivity contribution in [1.82, 2.24) is 34.4 Å². The minimum absolute atomic E-state index is 0.280. The predicted octanol–water partition coefficient (Wildman–Crippen LogP) is 4.84. The number of piperidine rings is 1. The van der Waals surface area contributed by atoms with Gasteiger partial charge in [-0.15, -0.1) is 0 Å². The highest BCUT2D eigenvalue weighted by Gasteiger charge is 2.35. The molecule has 0 radical (unpaired) electrons. The molecule has 1 unspecified atom stereocenters. The Morgan fingerprint density at radius 2 is 1.77 bits per heavy atom. The zero-order valence-corrected chi connectivity index (χ0v) is 21.6. The molecule has 11 heteroatoms. The van der Waals surface area contributed by atoms with Crippen LogP contribution in [0.25, 0.3) is 28.3 Å². The van der Waals surface area contributed by atoms with Crippen molar-refractivity contribution in [3.05, 3.63) is 84.1 Å². The van der Waals surface area contributed by atoms with Crippen LogP contribution in [0.4, 0.5) is 14.6 Å². The highest BCUT2D eigenvalue weighted by atomic mass is 19.1. The molecule has 0 spiro atoms. The van der Waals surface area contributed by atoms with E-state index >= 15 is 0 Å². The van der Waals surface area contributed by atoms with Crippen molar-refractivity contribution < 1.29 is 13.9 Å². The largest absolute Gasteiger partial charge is 0.369 e. The van der Waals surface area contributed by atoms with E-state index in [1.54, 1.807) is 22.8 Å². The molecule has 9 nitrogen and oxygen atoms in total. The van der Waals surface area contributed by atoms with Gasteiger partial charge in [-0.05, 0) is 81.2 Å². The third kappa shape index (κ3) is 4.71. The molecule has 1 saturated heterocycles. The minimum Gasteiger partial charge on any atom is -0.369 e. The number of rotatable bonds is 7. The number of nitrogens with zero attached hydrogens (tertiary/aromatic N) is 6. The molecule has 4 aromatic heterocycles. The van der Waals surface area contributed by atoms with Gasteiger partial charge >= 0.3 is 0 Å². The summed E-state index contributed by atoms with van der Waals surface area (Å²) in [4.78, 5) is 13.2. The van der Waals surface area contributed by atoms with Crippen molar-refractivity contribution >= 4 is 11.5 Å². The van der Waals surface area contributed by atoms with Crippen LogP contribution in [0, 0.1) is 11.8 Å². The molecule has 1 aliphatic heterocycles. The molecule has 1 aromatic carbocycles. The third-order valence-corrected chi connectivity index (χ3v) is 7.59. The van der Waals surface area contributed by atoms with E-state index in [-0.39, 0.29) is 11.9 Å². The maximum Gasteiger partial charge on any atom is 0.213 e. The Balaban J connectivity index is 1.31. The van der Waals surface area contributed by atoms with Crippen LogP contribution < -0.4 is 10.6 Å². The number of anilines is 1. The Labute approximate surface area is 228 Å². The lowest BCUT2D eigenvalue weighted by molar-refractivity contribution is 0.207. The number of aliphatic hydroxyl groups is 1. The van der Waals surface area contributed by atoms with E-state index in [1.807, 2.05) is 12.1 Å². The second kappa shape index (κ2) is 10.1. The summed E-state index contributed by atoms with van der Waals surface area (Å²) in [6, 6.07) is 13.2. The van der Waals surface area contributed by atoms with Crippen LogP contribution in [-0.2, 0) is 0 Å². The van der Waals surface area contributed by atoms with Crippen LogP contribution in [-0.4, -0.2) is 47.3 Å². The highest BCUT2D eigenvalue weighted by Crippen LogP contribution is 2.46. The summed E-state index contributed by atoms with van der Waals surface area (Å²) >= 11 is 0. The first-order chi connectivity index (χ1) is 19.5. The summed E-state index contributed by atoms with van der Waals surface area (Å²) in [5.41, 5.74) is 4.19. The van der Waals surface area contributed by atoms with Crippen molar-refractivity contribution in [2.75, 3.05) is 18.4 Å². The maximum absolute atomic E-state index is 13.8. The van der Waals surface area contributed by atoms with Crippen molar-refractivity contribution in [1.29, 1.82) is 0 Å². The van der Waals surface area contributed by atoms with E-state index < -0.39 is 12.2 Å². The molecule has 2 fully saturated rings. The second-order valence-electron chi connectivity index (χ2n) is 10.4. The molecule has 1 atom stereocenters. The number of aliphatic hydroxyl groups excluding tert-OH is 1. The number of hydrogen-bond acceptors (Lipinski definition) is 7. The quantitative estimate of drug-likeness (QED) is 0.200. The van der Waals surface area contributed by atoms with Crippen molar-refractivity contribution in [2.45, 2.75) is 43.9 Å². The first kappa shape index (κ1) is 24.8. The molecule has 2 aliphatic rings. The van der Waals surface area contributed by atoms with E-state index in [4.69, 9.17) is 10.1 Å². The summed E-state index contributed by atoms with van der Waals surface area (Å²) in [5.74, 6) is 0.908. The van der Waals surface area contributed by atoms with Gasteiger partial charge in [0.15, 0.2) is 11.9 Å². The maximum atomic E-state index is 13.8. The van der Waals surface area contributed by atoms with Crippen LogP contribution in [0.2, 0.25) is 0 Å². The fourth-order valence-electron chi connectivity index (χ4n) is 5.46. The molecule has 5 heterocycles. The van der Waals surface area contributed by atoms with E-state index in [1.165, 1.54) is 30.5 Å². The minimum atomic E-state index is -1.17. The van der Waals surface area contributed by atoms with Crippen molar-refractivity contribution in [3.8, 4) is 22.6 Å². The number of nitrogens with one attached hydrogen (secondary N) is 2. The Bertz CT molecular complexity index is 1670. The lowest BCUT2D eigenvalue weighted by Crippen LogP contribution is -2.30. The summed E-state index contributed by atoms with van der Waals surface area (Å²) in [5, 5.41) is 21.8. The normalized spacial score (nSPS) is 16.9. The monoisotopic (exact) mass is 542 g/mol. The Kier molecular flexibility index (Phi) is 6.24. The zero-order valence-electron chi connectivity index (χ0n) is 21.6. The SMILES string of the molecule is OC(Nc1cn2nc(-c3c(-c4ccc(F)cc4)nc(C4CC4)n3C3CCNCC3)ccc2n1)c1ccnc(F)c1. The van der Waals surface area contributed by atoms with Gasteiger partial charge in [-0.25, -0.2) is 23.9 Å². The standard InChI is InChI=1S/C29H28F2N8O/c30-20-5-3-17(4-6-20)26-27(39(21-10-12-32-13-11-21)28(36-26)18-1-2-18)22-7-8-25-34-24(16-38(25)37-22)35-29(40)19-9-14-33-23(31)15-19/h3-9,14-16,18,21,29,32,35,40H,1-2,10-13H2. The number of benzene rings is 1. The van der Waals surface area contributed by atoms with E-state index in [2.05, 4.69) is 25.2 Å². The van der Waals surface area contributed by atoms with Crippen molar-refractivity contribution in [3.63, 3.8) is 0 Å². The summed E-state index contributed by atoms with van der Waals surface area (Å²) in [7, 11) is 0. The second-order valence-corrected chi connectivity index (χ2v) is 10.4. The van der Waals surface area contributed by atoms with Gasteiger partial charge in [-0.3, -0.25) is 0 Å². The molecule has 0 amide bonds. The Morgan fingerprint density at radius 3 is 2.52 bits per heavy atom. The van der Waals surface area contributed by atoms with Crippen LogP contribution >= 0.6 is 0 Å². The van der Waals surface area contributed by atoms with Gasteiger partial charge < -0.3 is 20.3 Å². The van der Waals surface area contributed by atoms with Gasteiger partial charge in [0.25, 0.3) is 0 Å². The average Bonchev–Trinajstić information content (AvgIpc) is 3.62. The smallest absolute Gasteiger partial charge is 0.213 e.